The largest absolute Gasteiger partial charge is 0.506 e. The first-order valence-electron chi connectivity index (χ1n) is 9.86. The normalized spacial score (nSPS) is 15.8. The first-order chi connectivity index (χ1) is 14.1. The lowest BCUT2D eigenvalue weighted by molar-refractivity contribution is -0.111. The van der Waals surface area contributed by atoms with Gasteiger partial charge in [0.25, 0.3) is 0 Å². The van der Waals surface area contributed by atoms with Gasteiger partial charge in [-0.2, -0.15) is 0 Å². The summed E-state index contributed by atoms with van der Waals surface area (Å²) in [5, 5.41) is 11.3. The van der Waals surface area contributed by atoms with Crippen LogP contribution in [0.5, 0.6) is 0 Å². The fourth-order valence-corrected chi connectivity index (χ4v) is 4.21. The van der Waals surface area contributed by atoms with Gasteiger partial charge in [0.1, 0.15) is 11.6 Å². The number of ketones is 1. The van der Waals surface area contributed by atoms with Crippen molar-refractivity contribution in [2.45, 2.75) is 33.1 Å². The predicted octanol–water partition coefficient (Wildman–Crippen LogP) is 6.24. The van der Waals surface area contributed by atoms with Crippen molar-refractivity contribution in [1.29, 1.82) is 0 Å². The minimum absolute atomic E-state index is 0.0741. The van der Waals surface area contributed by atoms with Crippen LogP contribution in [0.2, 0.25) is 0 Å². The molecule has 30 heavy (non-hydrogen) atoms. The summed E-state index contributed by atoms with van der Waals surface area (Å²) in [7, 11) is 0. The van der Waals surface area contributed by atoms with Crippen molar-refractivity contribution in [3.8, 4) is 0 Å². The molecule has 1 aliphatic carbocycles. The molecule has 2 aromatic carbocycles. The van der Waals surface area contributed by atoms with Gasteiger partial charge < -0.3 is 10.1 Å². The number of H-pyrrole nitrogens is 1. The van der Waals surface area contributed by atoms with Gasteiger partial charge in [-0.3, -0.25) is 4.79 Å². The molecule has 1 aromatic heterocycles. The number of rotatable bonds is 4. The van der Waals surface area contributed by atoms with Gasteiger partial charge >= 0.3 is 0 Å². The number of carbonyl (C=O) groups excluding carboxylic acids is 1. The van der Waals surface area contributed by atoms with Crippen LogP contribution in [0.15, 0.2) is 72.0 Å². The third-order valence-electron chi connectivity index (χ3n) is 6.10. The van der Waals surface area contributed by atoms with Crippen LogP contribution >= 0.6 is 0 Å². The fraction of sp³-hybridized carbons (Fsp3) is 0.192. The van der Waals surface area contributed by atoms with Crippen molar-refractivity contribution in [2.75, 3.05) is 0 Å². The average molecular weight is 401 g/mol. The highest BCUT2D eigenvalue weighted by Crippen LogP contribution is 2.43. The molecular formula is C26H24FNO2. The quantitative estimate of drug-likeness (QED) is 0.509. The highest BCUT2D eigenvalue weighted by Gasteiger charge is 2.38. The molecule has 2 N–H and O–H groups in total. The second kappa shape index (κ2) is 6.84. The number of aryl methyl sites for hydroxylation is 2. The first-order valence-corrected chi connectivity index (χ1v) is 9.86. The van der Waals surface area contributed by atoms with Crippen LogP contribution in [0.25, 0.3) is 16.5 Å². The molecule has 0 atom stereocenters. The molecular weight excluding hydrogens is 377 g/mol. The number of hydrogen-bond acceptors (Lipinski definition) is 2. The summed E-state index contributed by atoms with van der Waals surface area (Å²) in [5.74, 6) is -0.726. The zero-order valence-corrected chi connectivity index (χ0v) is 17.6. The third kappa shape index (κ3) is 2.91. The number of aromatic nitrogens is 1. The van der Waals surface area contributed by atoms with E-state index in [1.165, 1.54) is 12.1 Å². The Bertz CT molecular complexity index is 1290. The number of allylic oxidation sites excluding steroid dienone is 4. The molecule has 152 valence electrons. The van der Waals surface area contributed by atoms with Gasteiger partial charge in [-0.1, -0.05) is 44.7 Å². The number of nitrogens with one attached hydrogen (secondary N) is 1. The minimum atomic E-state index is -0.408. The molecule has 4 rings (SSSR count). The van der Waals surface area contributed by atoms with Crippen LogP contribution in [0.3, 0.4) is 0 Å². The lowest BCUT2D eigenvalue weighted by Crippen LogP contribution is -2.25. The molecule has 0 unspecified atom stereocenters. The molecule has 3 aromatic rings. The summed E-state index contributed by atoms with van der Waals surface area (Å²) in [6.07, 6.45) is 1.67. The number of benzene rings is 2. The van der Waals surface area contributed by atoms with E-state index in [9.17, 15) is 14.3 Å². The molecule has 4 heteroatoms. The highest BCUT2D eigenvalue weighted by atomic mass is 19.1. The molecule has 0 bridgehead atoms. The molecule has 1 heterocycles. The van der Waals surface area contributed by atoms with E-state index in [0.717, 1.165) is 22.2 Å². The smallest absolute Gasteiger partial charge is 0.201 e. The second-order valence-electron chi connectivity index (χ2n) is 8.39. The van der Waals surface area contributed by atoms with E-state index in [4.69, 9.17) is 0 Å². The van der Waals surface area contributed by atoms with Crippen molar-refractivity contribution in [3.63, 3.8) is 0 Å². The maximum Gasteiger partial charge on any atom is 0.201 e. The van der Waals surface area contributed by atoms with Gasteiger partial charge in [0.15, 0.2) is 0 Å². The van der Waals surface area contributed by atoms with E-state index >= 15 is 0 Å². The van der Waals surface area contributed by atoms with Gasteiger partial charge in [-0.15, -0.1) is 0 Å². The van der Waals surface area contributed by atoms with Gasteiger partial charge in [0.2, 0.25) is 5.78 Å². The number of carbonyl (C=O) groups is 1. The number of aliphatic hydroxyl groups excluding tert-OH is 1. The maximum atomic E-state index is 13.8. The minimum Gasteiger partial charge on any atom is -0.506 e. The summed E-state index contributed by atoms with van der Waals surface area (Å²) in [4.78, 5) is 16.1. The molecule has 0 saturated heterocycles. The number of fused-ring (bicyclic) bond motifs is 1. The van der Waals surface area contributed by atoms with E-state index in [-0.39, 0.29) is 22.7 Å². The van der Waals surface area contributed by atoms with Gasteiger partial charge in [0, 0.05) is 27.6 Å². The fourth-order valence-electron chi connectivity index (χ4n) is 4.21. The maximum absolute atomic E-state index is 13.8. The molecule has 3 nitrogen and oxygen atoms in total. The Hall–Kier alpha value is -3.40. The van der Waals surface area contributed by atoms with E-state index in [2.05, 4.69) is 11.6 Å². The summed E-state index contributed by atoms with van der Waals surface area (Å²) < 4.78 is 13.8. The highest BCUT2D eigenvalue weighted by molar-refractivity contribution is 6.40. The van der Waals surface area contributed by atoms with Crippen molar-refractivity contribution in [1.82, 2.24) is 4.98 Å². The van der Waals surface area contributed by atoms with Crippen molar-refractivity contribution < 1.29 is 14.3 Å². The molecule has 0 fully saturated rings. The van der Waals surface area contributed by atoms with Crippen LogP contribution in [-0.2, 0) is 10.2 Å². The van der Waals surface area contributed by atoms with Crippen molar-refractivity contribution >= 4 is 22.3 Å². The molecule has 1 aliphatic rings. The Labute approximate surface area is 175 Å². The van der Waals surface area contributed by atoms with Crippen molar-refractivity contribution in [2.24, 2.45) is 0 Å². The Morgan fingerprint density at radius 2 is 1.87 bits per heavy atom. The molecule has 0 spiro atoms. The monoisotopic (exact) mass is 401 g/mol. The molecule has 0 aliphatic heterocycles. The number of aromatic amines is 1. The predicted molar refractivity (Wildman–Crippen MR) is 119 cm³/mol. The summed E-state index contributed by atoms with van der Waals surface area (Å²) in [6, 6.07) is 12.4. The van der Waals surface area contributed by atoms with Crippen molar-refractivity contribution in [3.05, 3.63) is 100 Å². The van der Waals surface area contributed by atoms with E-state index < -0.39 is 11.2 Å². The number of hydrogen-bond donors (Lipinski definition) is 2. The lowest BCUT2D eigenvalue weighted by atomic mass is 9.74. The van der Waals surface area contributed by atoms with E-state index in [1.807, 2.05) is 52.0 Å². The Morgan fingerprint density at radius 3 is 2.53 bits per heavy atom. The number of halogens is 1. The van der Waals surface area contributed by atoms with Crippen LogP contribution in [-0.4, -0.2) is 15.9 Å². The van der Waals surface area contributed by atoms with E-state index in [1.54, 1.807) is 12.1 Å². The molecule has 0 amide bonds. The lowest BCUT2D eigenvalue weighted by Gasteiger charge is -2.30. The van der Waals surface area contributed by atoms with Gasteiger partial charge in [0.05, 0.1) is 11.1 Å². The second-order valence-corrected chi connectivity index (χ2v) is 8.39. The Morgan fingerprint density at radius 1 is 1.17 bits per heavy atom. The van der Waals surface area contributed by atoms with Crippen LogP contribution in [0.4, 0.5) is 4.39 Å². The van der Waals surface area contributed by atoms with E-state index in [0.29, 0.717) is 16.6 Å². The van der Waals surface area contributed by atoms with Gasteiger partial charge in [-0.05, 0) is 54.8 Å². The van der Waals surface area contributed by atoms with Gasteiger partial charge in [-0.25, -0.2) is 4.39 Å². The zero-order chi connectivity index (χ0) is 21.8. The third-order valence-corrected chi connectivity index (χ3v) is 6.10. The Kier molecular flexibility index (Phi) is 4.53. The van der Waals surface area contributed by atoms with Crippen LogP contribution in [0, 0.1) is 19.7 Å². The summed E-state index contributed by atoms with van der Waals surface area (Å²) in [6.45, 7) is 12.1. The number of aliphatic hydroxyl groups is 1. The molecule has 0 radical (unpaired) electrons. The summed E-state index contributed by atoms with van der Waals surface area (Å²) in [5.41, 5.74) is 5.01. The summed E-state index contributed by atoms with van der Waals surface area (Å²) >= 11 is 0. The standard InChI is InChI=1S/C26H24FNO2/c1-14-8-6-7-9-20(14)26(4,5)15(2)12-19-24(29)23(25(19)30)22-16(3)28-21-11-10-17(27)13-18(21)22/h6-13,28-29H,2H2,1,3-5H3/b19-12+. The molecule has 0 saturated carbocycles. The average Bonchev–Trinajstić information content (AvgIpc) is 3.01. The number of Topliss-reactive ketones (excluding diaryl/α,β-unsaturated/α-hetero) is 1. The Balaban J connectivity index is 1.76. The zero-order valence-electron chi connectivity index (χ0n) is 17.6. The SMILES string of the molecule is C=C(/C=C1/C(=O)C(c2c(C)[nH]c3ccc(F)cc23)=C1O)C(C)(C)c1ccccc1C. The first kappa shape index (κ1) is 19.9. The van der Waals surface area contributed by atoms with Crippen LogP contribution < -0.4 is 0 Å². The van der Waals surface area contributed by atoms with Crippen LogP contribution in [0.1, 0.15) is 36.2 Å². The topological polar surface area (TPSA) is 53.1 Å².